The van der Waals surface area contributed by atoms with Crippen molar-refractivity contribution in [2.75, 3.05) is 11.9 Å². The summed E-state index contributed by atoms with van der Waals surface area (Å²) in [7, 11) is 0. The Morgan fingerprint density at radius 3 is 2.17 bits per heavy atom. The summed E-state index contributed by atoms with van der Waals surface area (Å²) in [5.74, 6) is -0.271. The number of ether oxygens (including phenoxy) is 1. The van der Waals surface area contributed by atoms with E-state index in [1.54, 1.807) is 12.1 Å². The second kappa shape index (κ2) is 19.7. The van der Waals surface area contributed by atoms with Crippen LogP contribution in [0.1, 0.15) is 139 Å². The standard InChI is InChI=1S/C30H44FN5O3S.3C2H6/c1-19(13-14-20-17-30(8,9)36(18-20)27(38)39-29(5,6)7)32-23-11-10-12-24(34-23)40-35-26(37)21-15-16-22(28(2,3)4)33-25(21)31;3*1-2/h10-12,15-16,19-20H,13-14,17-18H2,1-9H3,(H,32,34)(H,35,37);3*1-2H3. The summed E-state index contributed by atoms with van der Waals surface area (Å²) in [4.78, 5) is 35.7. The summed E-state index contributed by atoms with van der Waals surface area (Å²) in [6.45, 7) is 30.5. The molecule has 0 bridgehead atoms. The number of nitrogens with one attached hydrogen (secondary N) is 2. The molecule has 0 aliphatic carbocycles. The van der Waals surface area contributed by atoms with Crippen molar-refractivity contribution in [1.29, 1.82) is 0 Å². The van der Waals surface area contributed by atoms with Crippen molar-refractivity contribution < 1.29 is 18.7 Å². The van der Waals surface area contributed by atoms with Crippen LogP contribution in [0.5, 0.6) is 0 Å². The maximum absolute atomic E-state index is 14.5. The van der Waals surface area contributed by atoms with Crippen molar-refractivity contribution >= 4 is 29.8 Å². The first kappa shape index (κ1) is 43.1. The Kier molecular flexibility index (Phi) is 18.5. The number of rotatable bonds is 8. The molecule has 262 valence electrons. The van der Waals surface area contributed by atoms with Gasteiger partial charge in [-0.3, -0.25) is 9.52 Å². The third-order valence-electron chi connectivity index (χ3n) is 6.81. The van der Waals surface area contributed by atoms with E-state index >= 15 is 0 Å². The van der Waals surface area contributed by atoms with Gasteiger partial charge in [0.15, 0.2) is 0 Å². The number of halogens is 1. The molecule has 3 rings (SSSR count). The molecule has 10 heteroatoms. The first-order chi connectivity index (χ1) is 21.4. The summed E-state index contributed by atoms with van der Waals surface area (Å²) in [5, 5.41) is 4.01. The van der Waals surface area contributed by atoms with Crippen molar-refractivity contribution in [1.82, 2.24) is 19.6 Å². The monoisotopic (exact) mass is 663 g/mol. The van der Waals surface area contributed by atoms with Gasteiger partial charge in [0.05, 0.1) is 5.56 Å². The minimum Gasteiger partial charge on any atom is -0.444 e. The fourth-order valence-electron chi connectivity index (χ4n) is 4.76. The van der Waals surface area contributed by atoms with Crippen LogP contribution >= 0.6 is 11.9 Å². The number of carbonyl (C=O) groups excluding carboxylic acids is 2. The van der Waals surface area contributed by atoms with Crippen molar-refractivity contribution in [2.24, 2.45) is 5.92 Å². The lowest BCUT2D eigenvalue weighted by Gasteiger charge is -2.33. The summed E-state index contributed by atoms with van der Waals surface area (Å²) in [6, 6.07) is 8.81. The van der Waals surface area contributed by atoms with E-state index in [0.717, 1.165) is 31.2 Å². The summed E-state index contributed by atoms with van der Waals surface area (Å²) < 4.78 is 22.8. The third kappa shape index (κ3) is 14.3. The van der Waals surface area contributed by atoms with E-state index in [1.807, 2.05) is 100 Å². The highest BCUT2D eigenvalue weighted by molar-refractivity contribution is 7.97. The van der Waals surface area contributed by atoms with Crippen LogP contribution in [0.3, 0.4) is 0 Å². The van der Waals surface area contributed by atoms with Crippen LogP contribution in [0, 0.1) is 11.9 Å². The Hall–Kier alpha value is -2.88. The van der Waals surface area contributed by atoms with E-state index in [2.05, 4.69) is 40.8 Å². The molecular weight excluding hydrogens is 601 g/mol. The van der Waals surface area contributed by atoms with Crippen LogP contribution in [-0.4, -0.2) is 50.6 Å². The maximum Gasteiger partial charge on any atom is 0.410 e. The lowest BCUT2D eigenvalue weighted by Crippen LogP contribution is -2.45. The zero-order valence-electron chi connectivity index (χ0n) is 31.2. The molecule has 0 radical (unpaired) electrons. The van der Waals surface area contributed by atoms with Gasteiger partial charge in [0.25, 0.3) is 5.91 Å². The Balaban J connectivity index is 0.00000318. The van der Waals surface area contributed by atoms with Gasteiger partial charge in [0.1, 0.15) is 16.4 Å². The number of likely N-dealkylation sites (tertiary alicyclic amines) is 1. The Morgan fingerprint density at radius 1 is 1.02 bits per heavy atom. The predicted molar refractivity (Wildman–Crippen MR) is 192 cm³/mol. The number of aromatic nitrogens is 2. The molecule has 2 aromatic rings. The van der Waals surface area contributed by atoms with Gasteiger partial charge in [-0.1, -0.05) is 68.4 Å². The molecule has 2 aromatic heterocycles. The molecule has 8 nitrogen and oxygen atoms in total. The molecule has 2 amide bonds. The fourth-order valence-corrected chi connectivity index (χ4v) is 5.35. The van der Waals surface area contributed by atoms with Gasteiger partial charge in [-0.05, 0) is 91.0 Å². The van der Waals surface area contributed by atoms with Crippen molar-refractivity contribution in [3.05, 3.63) is 47.5 Å². The molecule has 0 spiro atoms. The molecule has 2 N–H and O–H groups in total. The summed E-state index contributed by atoms with van der Waals surface area (Å²) in [6.07, 6.45) is 2.56. The van der Waals surface area contributed by atoms with E-state index in [-0.39, 0.29) is 28.7 Å². The molecule has 46 heavy (non-hydrogen) atoms. The fraction of sp³-hybridized carbons (Fsp3) is 0.667. The Labute approximate surface area is 283 Å². The van der Waals surface area contributed by atoms with Crippen molar-refractivity contribution in [2.45, 2.75) is 151 Å². The number of pyridine rings is 2. The predicted octanol–water partition coefficient (Wildman–Crippen LogP) is 10.0. The first-order valence-corrected chi connectivity index (χ1v) is 17.6. The minimum absolute atomic E-state index is 0.108. The van der Waals surface area contributed by atoms with Gasteiger partial charge in [-0.2, -0.15) is 4.39 Å². The summed E-state index contributed by atoms with van der Waals surface area (Å²) in [5.41, 5.74) is -0.594. The molecule has 0 saturated carbocycles. The highest BCUT2D eigenvalue weighted by Crippen LogP contribution is 2.36. The van der Waals surface area contributed by atoms with E-state index in [0.29, 0.717) is 29.0 Å². The van der Waals surface area contributed by atoms with E-state index in [1.165, 1.54) is 6.07 Å². The number of amides is 2. The highest BCUT2D eigenvalue weighted by Gasteiger charge is 2.42. The third-order valence-corrected chi connectivity index (χ3v) is 7.53. The number of hydrogen-bond acceptors (Lipinski definition) is 7. The van der Waals surface area contributed by atoms with Crippen molar-refractivity contribution in [3.8, 4) is 0 Å². The van der Waals surface area contributed by atoms with Gasteiger partial charge >= 0.3 is 6.09 Å². The van der Waals surface area contributed by atoms with Gasteiger partial charge in [-0.25, -0.2) is 14.8 Å². The van der Waals surface area contributed by atoms with E-state index in [9.17, 15) is 14.0 Å². The minimum atomic E-state index is -0.789. The topological polar surface area (TPSA) is 96.5 Å². The Morgan fingerprint density at radius 2 is 1.63 bits per heavy atom. The molecule has 2 unspecified atom stereocenters. The Bertz CT molecular complexity index is 1210. The zero-order valence-corrected chi connectivity index (χ0v) is 32.0. The second-order valence-corrected chi connectivity index (χ2v) is 14.1. The van der Waals surface area contributed by atoms with Gasteiger partial charge in [-0.15, -0.1) is 0 Å². The normalized spacial score (nSPS) is 15.9. The number of nitrogens with zero attached hydrogens (tertiary/aromatic N) is 3. The zero-order chi connectivity index (χ0) is 35.9. The average Bonchev–Trinajstić information content (AvgIpc) is 3.31. The van der Waals surface area contributed by atoms with Crippen LogP contribution in [0.2, 0.25) is 0 Å². The quantitative estimate of drug-likeness (QED) is 0.214. The number of hydrogen-bond donors (Lipinski definition) is 2. The van der Waals surface area contributed by atoms with Crippen molar-refractivity contribution in [3.63, 3.8) is 0 Å². The smallest absolute Gasteiger partial charge is 0.410 e. The maximum atomic E-state index is 14.5. The lowest BCUT2D eigenvalue weighted by molar-refractivity contribution is 0.0130. The van der Waals surface area contributed by atoms with Crippen LogP contribution in [0.15, 0.2) is 35.4 Å². The van der Waals surface area contributed by atoms with Crippen LogP contribution in [0.4, 0.5) is 15.0 Å². The molecule has 1 aliphatic heterocycles. The van der Waals surface area contributed by atoms with Crippen LogP contribution in [-0.2, 0) is 10.2 Å². The van der Waals surface area contributed by atoms with Gasteiger partial charge in [0, 0.05) is 41.2 Å². The molecule has 1 fully saturated rings. The highest BCUT2D eigenvalue weighted by atomic mass is 32.2. The molecule has 2 atom stereocenters. The second-order valence-electron chi connectivity index (χ2n) is 13.3. The molecule has 1 aliphatic rings. The largest absolute Gasteiger partial charge is 0.444 e. The number of carbonyl (C=O) groups is 2. The summed E-state index contributed by atoms with van der Waals surface area (Å²) >= 11 is 1.03. The van der Waals surface area contributed by atoms with Gasteiger partial charge < -0.3 is 15.0 Å². The lowest BCUT2D eigenvalue weighted by atomic mass is 9.91. The molecule has 1 saturated heterocycles. The number of anilines is 1. The molecular formula is C36H62FN5O3S. The van der Waals surface area contributed by atoms with Crippen LogP contribution in [0.25, 0.3) is 0 Å². The van der Waals surface area contributed by atoms with Gasteiger partial charge in [0.2, 0.25) is 5.95 Å². The average molecular weight is 664 g/mol. The molecule has 0 aromatic carbocycles. The molecule has 3 heterocycles. The van der Waals surface area contributed by atoms with Crippen LogP contribution < -0.4 is 10.0 Å². The first-order valence-electron chi connectivity index (χ1n) is 16.8. The van der Waals surface area contributed by atoms with E-state index in [4.69, 9.17) is 4.74 Å². The van der Waals surface area contributed by atoms with E-state index < -0.39 is 17.5 Å². The SMILES string of the molecule is CC.CC.CC.CC(CCC1CN(C(=O)OC(C)(C)C)C(C)(C)C1)Nc1cccc(SNC(=O)c2ccc(C(C)(C)C)nc2F)n1.